The predicted molar refractivity (Wildman–Crippen MR) is 103 cm³/mol. The molecule has 0 saturated heterocycles. The van der Waals surface area contributed by atoms with Gasteiger partial charge in [-0.3, -0.25) is 9.48 Å². The Morgan fingerprint density at radius 2 is 2.07 bits per heavy atom. The summed E-state index contributed by atoms with van der Waals surface area (Å²) in [5, 5.41) is 10.1. The fourth-order valence-corrected chi connectivity index (χ4v) is 3.65. The van der Waals surface area contributed by atoms with Crippen molar-refractivity contribution < 1.29 is 4.79 Å². The number of amides is 1. The maximum atomic E-state index is 13.0. The molecule has 0 spiro atoms. The van der Waals surface area contributed by atoms with Gasteiger partial charge in [0.05, 0.1) is 24.3 Å². The maximum absolute atomic E-state index is 13.0. The van der Waals surface area contributed by atoms with Crippen molar-refractivity contribution in [3.05, 3.63) is 42.1 Å². The lowest BCUT2D eigenvalue weighted by atomic mass is 10.1. The van der Waals surface area contributed by atoms with Gasteiger partial charge in [0.2, 0.25) is 5.91 Å². The summed E-state index contributed by atoms with van der Waals surface area (Å²) in [6.45, 7) is 8.03. The third-order valence-corrected chi connectivity index (χ3v) is 5.24. The van der Waals surface area contributed by atoms with E-state index in [0.717, 1.165) is 35.4 Å². The van der Waals surface area contributed by atoms with Gasteiger partial charge in [0.25, 0.3) is 0 Å². The number of hydrogen-bond acceptors (Lipinski definition) is 4. The zero-order valence-electron chi connectivity index (χ0n) is 16.2. The van der Waals surface area contributed by atoms with Gasteiger partial charge in [-0.1, -0.05) is 32.0 Å². The first-order valence-electron chi connectivity index (χ1n) is 9.66. The minimum absolute atomic E-state index is 0.0642. The van der Waals surface area contributed by atoms with E-state index in [4.69, 9.17) is 4.98 Å². The number of fused-ring (bicyclic) bond motifs is 2. The van der Waals surface area contributed by atoms with Crippen LogP contribution in [0.2, 0.25) is 0 Å². The second-order valence-electron chi connectivity index (χ2n) is 7.67. The second kappa shape index (κ2) is 7.13. The molecule has 7 heteroatoms. The summed E-state index contributed by atoms with van der Waals surface area (Å²) in [4.78, 5) is 19.6. The molecule has 1 aromatic carbocycles. The largest absolute Gasteiger partial charge is 0.329 e. The normalized spacial score (nSPS) is 16.9. The molecule has 1 aliphatic rings. The molecule has 3 heterocycles. The van der Waals surface area contributed by atoms with Gasteiger partial charge in [-0.25, -0.2) is 9.67 Å². The molecule has 0 bridgehead atoms. The molecule has 3 aromatic rings. The van der Waals surface area contributed by atoms with E-state index in [9.17, 15) is 4.79 Å². The Hall–Kier alpha value is -2.70. The SMILES string of the molecule is CC(C)CCc1nc2n(n1)CCN(C(=O)Cn1ncc3ccccc31)[C@@H]2C. The van der Waals surface area contributed by atoms with Crippen LogP contribution in [-0.4, -0.2) is 41.9 Å². The van der Waals surface area contributed by atoms with Crippen LogP contribution in [-0.2, 0) is 24.3 Å². The van der Waals surface area contributed by atoms with Crippen molar-refractivity contribution in [1.82, 2.24) is 29.4 Å². The monoisotopic (exact) mass is 366 g/mol. The highest BCUT2D eigenvalue weighted by Crippen LogP contribution is 2.24. The topological polar surface area (TPSA) is 68.8 Å². The number of benzene rings is 1. The fourth-order valence-electron chi connectivity index (χ4n) is 3.65. The van der Waals surface area contributed by atoms with E-state index in [0.29, 0.717) is 19.0 Å². The fraction of sp³-hybridized carbons (Fsp3) is 0.500. The van der Waals surface area contributed by atoms with Crippen LogP contribution in [0.25, 0.3) is 10.9 Å². The highest BCUT2D eigenvalue weighted by Gasteiger charge is 2.30. The van der Waals surface area contributed by atoms with Gasteiger partial charge >= 0.3 is 0 Å². The van der Waals surface area contributed by atoms with Crippen LogP contribution >= 0.6 is 0 Å². The minimum atomic E-state index is -0.0756. The van der Waals surface area contributed by atoms with E-state index in [1.807, 2.05) is 40.8 Å². The molecule has 0 saturated carbocycles. The number of nitrogens with zero attached hydrogens (tertiary/aromatic N) is 6. The third-order valence-electron chi connectivity index (χ3n) is 5.24. The van der Waals surface area contributed by atoms with E-state index in [1.54, 1.807) is 10.9 Å². The number of aryl methyl sites for hydroxylation is 1. The summed E-state index contributed by atoms with van der Waals surface area (Å²) in [7, 11) is 0. The summed E-state index contributed by atoms with van der Waals surface area (Å²) < 4.78 is 3.74. The van der Waals surface area contributed by atoms with Crippen LogP contribution < -0.4 is 0 Å². The molecule has 0 fully saturated rings. The number of carbonyl (C=O) groups excluding carboxylic acids is 1. The smallest absolute Gasteiger partial charge is 0.245 e. The standard InChI is InChI=1S/C20H26N6O/c1-14(2)8-9-18-22-20-15(3)24(10-11-25(20)23-18)19(27)13-26-17-7-5-4-6-16(17)12-21-26/h4-7,12,14-15H,8-11,13H2,1-3H3/t15-/m1/s1. The highest BCUT2D eigenvalue weighted by molar-refractivity contribution is 5.82. The van der Waals surface area contributed by atoms with Crippen molar-refractivity contribution in [2.45, 2.75) is 52.7 Å². The Labute approximate surface area is 159 Å². The van der Waals surface area contributed by atoms with Gasteiger partial charge in [0, 0.05) is 18.4 Å². The van der Waals surface area contributed by atoms with Gasteiger partial charge in [-0.2, -0.15) is 10.2 Å². The predicted octanol–water partition coefficient (Wildman–Crippen LogP) is 2.82. The van der Waals surface area contributed by atoms with Crippen molar-refractivity contribution in [3.63, 3.8) is 0 Å². The highest BCUT2D eigenvalue weighted by atomic mass is 16.2. The number of para-hydroxylation sites is 1. The lowest BCUT2D eigenvalue weighted by Crippen LogP contribution is -2.43. The number of rotatable bonds is 5. The first-order chi connectivity index (χ1) is 13.0. The first kappa shape index (κ1) is 17.7. The lowest BCUT2D eigenvalue weighted by molar-refractivity contribution is -0.135. The minimum Gasteiger partial charge on any atom is -0.329 e. The molecule has 0 radical (unpaired) electrons. The Kier molecular flexibility index (Phi) is 4.68. The number of aromatic nitrogens is 5. The molecule has 7 nitrogen and oxygen atoms in total. The van der Waals surface area contributed by atoms with Crippen molar-refractivity contribution in [2.75, 3.05) is 6.54 Å². The van der Waals surface area contributed by atoms with Gasteiger partial charge in [-0.15, -0.1) is 0 Å². The van der Waals surface area contributed by atoms with Crippen LogP contribution in [0.5, 0.6) is 0 Å². The van der Waals surface area contributed by atoms with Crippen LogP contribution in [0.4, 0.5) is 0 Å². The molecule has 1 atom stereocenters. The Bertz CT molecular complexity index is 956. The van der Waals surface area contributed by atoms with Gasteiger partial charge in [-0.05, 0) is 25.3 Å². The summed E-state index contributed by atoms with van der Waals surface area (Å²) in [6, 6.07) is 7.87. The van der Waals surface area contributed by atoms with E-state index < -0.39 is 0 Å². The Balaban J connectivity index is 1.49. The van der Waals surface area contributed by atoms with Crippen LogP contribution in [0.1, 0.15) is 44.9 Å². The second-order valence-corrected chi connectivity index (χ2v) is 7.67. The molecule has 4 rings (SSSR count). The van der Waals surface area contributed by atoms with Crippen molar-refractivity contribution in [2.24, 2.45) is 5.92 Å². The van der Waals surface area contributed by atoms with E-state index in [-0.39, 0.29) is 18.5 Å². The molecule has 1 amide bonds. The molecule has 27 heavy (non-hydrogen) atoms. The molecule has 0 N–H and O–H groups in total. The van der Waals surface area contributed by atoms with Crippen molar-refractivity contribution in [1.29, 1.82) is 0 Å². The molecule has 0 unspecified atom stereocenters. The van der Waals surface area contributed by atoms with Gasteiger partial charge in [0.1, 0.15) is 12.4 Å². The lowest BCUT2D eigenvalue weighted by Gasteiger charge is -2.33. The Morgan fingerprint density at radius 1 is 1.26 bits per heavy atom. The summed E-state index contributed by atoms with van der Waals surface area (Å²) in [5.41, 5.74) is 0.981. The molecule has 142 valence electrons. The van der Waals surface area contributed by atoms with Gasteiger partial charge in [0.15, 0.2) is 5.82 Å². The zero-order valence-corrected chi connectivity index (χ0v) is 16.2. The summed E-state index contributed by atoms with van der Waals surface area (Å²) >= 11 is 0. The van der Waals surface area contributed by atoms with E-state index in [1.165, 1.54) is 0 Å². The average molecular weight is 366 g/mol. The quantitative estimate of drug-likeness (QED) is 0.696. The number of carbonyl (C=O) groups is 1. The average Bonchev–Trinajstić information content (AvgIpc) is 3.25. The number of hydrogen-bond donors (Lipinski definition) is 0. The molecule has 2 aromatic heterocycles. The van der Waals surface area contributed by atoms with E-state index >= 15 is 0 Å². The van der Waals surface area contributed by atoms with E-state index in [2.05, 4.69) is 24.0 Å². The van der Waals surface area contributed by atoms with Crippen LogP contribution in [0.15, 0.2) is 30.5 Å². The maximum Gasteiger partial charge on any atom is 0.245 e. The van der Waals surface area contributed by atoms with Gasteiger partial charge < -0.3 is 4.90 Å². The molecule has 0 aliphatic carbocycles. The zero-order chi connectivity index (χ0) is 19.0. The first-order valence-corrected chi connectivity index (χ1v) is 9.66. The third kappa shape index (κ3) is 3.46. The van der Waals surface area contributed by atoms with Crippen LogP contribution in [0, 0.1) is 5.92 Å². The van der Waals surface area contributed by atoms with Crippen LogP contribution in [0.3, 0.4) is 0 Å². The Morgan fingerprint density at radius 3 is 2.89 bits per heavy atom. The summed E-state index contributed by atoms with van der Waals surface area (Å²) in [5.74, 6) is 2.47. The summed E-state index contributed by atoms with van der Waals surface area (Å²) in [6.07, 6.45) is 3.77. The molecular formula is C20H26N6O. The van der Waals surface area contributed by atoms with Crippen molar-refractivity contribution >= 4 is 16.8 Å². The molecule has 1 aliphatic heterocycles. The van der Waals surface area contributed by atoms with Crippen molar-refractivity contribution in [3.8, 4) is 0 Å². The molecular weight excluding hydrogens is 340 g/mol.